The molecule has 0 saturated carbocycles. The van der Waals surface area contributed by atoms with Gasteiger partial charge in [0.15, 0.2) is 12.2 Å². The first kappa shape index (κ1) is 16.9. The molecule has 8 nitrogen and oxygen atoms in total. The van der Waals surface area contributed by atoms with Crippen LogP contribution in [0.15, 0.2) is 0 Å². The molecule has 0 unspecified atom stereocenters. The molecule has 0 aromatic carbocycles. The number of rotatable bonds is 5. The molecule has 0 bridgehead atoms. The van der Waals surface area contributed by atoms with Crippen LogP contribution >= 0.6 is 0 Å². The van der Waals surface area contributed by atoms with Crippen LogP contribution in [-0.2, 0) is 32.0 Å². The van der Waals surface area contributed by atoms with Crippen molar-refractivity contribution < 1.29 is 62.6 Å². The molecule has 0 rings (SSSR count). The van der Waals surface area contributed by atoms with Crippen molar-refractivity contribution in [2.24, 2.45) is 0 Å². The summed E-state index contributed by atoms with van der Waals surface area (Å²) in [7, 11) is 0. The number of carbonyl (C=O) groups is 2. The predicted molar refractivity (Wildman–Crippen MR) is 39.3 cm³/mol. The standard InChI is InChI=1S/C6H10O8.Ag/c7-1(3(9)5(11)12)2(8)4(10)6(13)14;/h1-4,7-10H,(H,11,12)(H,13,14);/t1-,2-,3-,4+;/m0./s1. The Labute approximate surface area is 99.3 Å². The smallest absolute Gasteiger partial charge is 0.335 e. The summed E-state index contributed by atoms with van der Waals surface area (Å²) in [6.07, 6.45) is -9.28. The van der Waals surface area contributed by atoms with Gasteiger partial charge in [0.05, 0.1) is 0 Å². The number of aliphatic hydroxyl groups excluding tert-OH is 4. The molecule has 0 fully saturated rings. The molecule has 0 aliphatic carbocycles. The van der Waals surface area contributed by atoms with Gasteiger partial charge in [-0.05, 0) is 0 Å². The van der Waals surface area contributed by atoms with Gasteiger partial charge in [0.2, 0.25) is 0 Å². The summed E-state index contributed by atoms with van der Waals surface area (Å²) in [4.78, 5) is 20.2. The topological polar surface area (TPSA) is 156 Å². The van der Waals surface area contributed by atoms with E-state index in [1.54, 1.807) is 0 Å². The summed E-state index contributed by atoms with van der Waals surface area (Å²) in [5.41, 5.74) is 0. The van der Waals surface area contributed by atoms with Crippen molar-refractivity contribution in [2.75, 3.05) is 0 Å². The van der Waals surface area contributed by atoms with Gasteiger partial charge >= 0.3 is 11.9 Å². The van der Waals surface area contributed by atoms with Gasteiger partial charge < -0.3 is 30.6 Å². The second-order valence-corrected chi connectivity index (χ2v) is 2.55. The third kappa shape index (κ3) is 4.71. The molecule has 15 heavy (non-hydrogen) atoms. The van der Waals surface area contributed by atoms with Crippen molar-refractivity contribution in [3.05, 3.63) is 0 Å². The van der Waals surface area contributed by atoms with E-state index in [9.17, 15) is 9.59 Å². The number of hydrogen-bond donors (Lipinski definition) is 6. The Morgan fingerprint density at radius 1 is 0.733 bits per heavy atom. The van der Waals surface area contributed by atoms with Crippen molar-refractivity contribution >= 4 is 11.9 Å². The molecule has 93 valence electrons. The Balaban J connectivity index is 0. The minimum Gasteiger partial charge on any atom is -0.479 e. The molecule has 9 heteroatoms. The summed E-state index contributed by atoms with van der Waals surface area (Å²) in [6.45, 7) is 0. The van der Waals surface area contributed by atoms with E-state index in [1.165, 1.54) is 0 Å². The molecule has 0 spiro atoms. The molecule has 6 N–H and O–H groups in total. The first-order chi connectivity index (χ1) is 6.29. The monoisotopic (exact) mass is 317 g/mol. The molecule has 0 aliphatic rings. The Morgan fingerprint density at radius 3 is 1.07 bits per heavy atom. The van der Waals surface area contributed by atoms with E-state index in [4.69, 9.17) is 30.6 Å². The Morgan fingerprint density at radius 2 is 0.933 bits per heavy atom. The maximum absolute atomic E-state index is 10.1. The summed E-state index contributed by atoms with van der Waals surface area (Å²) in [5.74, 6) is -3.68. The molecule has 0 aliphatic heterocycles. The molecule has 0 amide bonds. The second-order valence-electron chi connectivity index (χ2n) is 2.55. The second kappa shape index (κ2) is 6.90. The van der Waals surface area contributed by atoms with Crippen molar-refractivity contribution in [1.29, 1.82) is 0 Å². The number of aliphatic carboxylic acids is 2. The van der Waals surface area contributed by atoms with Gasteiger partial charge in [-0.25, -0.2) is 9.59 Å². The van der Waals surface area contributed by atoms with Crippen LogP contribution in [0.25, 0.3) is 0 Å². The van der Waals surface area contributed by atoms with Crippen LogP contribution in [0.2, 0.25) is 0 Å². The van der Waals surface area contributed by atoms with Crippen LogP contribution in [0.1, 0.15) is 0 Å². The van der Waals surface area contributed by atoms with Crippen LogP contribution in [0.4, 0.5) is 0 Å². The predicted octanol–water partition coefficient (Wildman–Crippen LogP) is -3.40. The SMILES string of the molecule is O=C(O)[C@@H](O)[C@@H](O)[C@H](O)[C@@H](O)C(=O)O.[Ag]. The van der Waals surface area contributed by atoms with Gasteiger partial charge in [-0.15, -0.1) is 0 Å². The van der Waals surface area contributed by atoms with Crippen molar-refractivity contribution in [2.45, 2.75) is 24.4 Å². The third-order valence-electron chi connectivity index (χ3n) is 1.50. The Kier molecular flexibility index (Phi) is 7.79. The van der Waals surface area contributed by atoms with E-state index < -0.39 is 36.4 Å². The summed E-state index contributed by atoms with van der Waals surface area (Å²) in [5, 5.41) is 51.5. The van der Waals surface area contributed by atoms with Crippen molar-refractivity contribution in [3.8, 4) is 0 Å². The van der Waals surface area contributed by atoms with Crippen LogP contribution in [0, 0.1) is 0 Å². The molecular weight excluding hydrogens is 308 g/mol. The number of aliphatic hydroxyl groups is 4. The first-order valence-electron chi connectivity index (χ1n) is 3.47. The van der Waals surface area contributed by atoms with Gasteiger partial charge in [-0.1, -0.05) is 0 Å². The quantitative estimate of drug-likeness (QED) is 0.286. The van der Waals surface area contributed by atoms with Crippen LogP contribution in [0.3, 0.4) is 0 Å². The van der Waals surface area contributed by atoms with Crippen molar-refractivity contribution in [3.63, 3.8) is 0 Å². The molecule has 0 saturated heterocycles. The summed E-state index contributed by atoms with van der Waals surface area (Å²) in [6, 6.07) is 0. The van der Waals surface area contributed by atoms with E-state index in [-0.39, 0.29) is 22.4 Å². The van der Waals surface area contributed by atoms with Crippen LogP contribution in [0.5, 0.6) is 0 Å². The molecular formula is C6H10AgO8. The van der Waals surface area contributed by atoms with E-state index in [0.29, 0.717) is 0 Å². The van der Waals surface area contributed by atoms with E-state index in [2.05, 4.69) is 0 Å². The van der Waals surface area contributed by atoms with Gasteiger partial charge in [-0.3, -0.25) is 0 Å². The summed E-state index contributed by atoms with van der Waals surface area (Å²) < 4.78 is 0. The van der Waals surface area contributed by atoms with Crippen molar-refractivity contribution in [1.82, 2.24) is 0 Å². The maximum Gasteiger partial charge on any atom is 0.335 e. The molecule has 1 radical (unpaired) electrons. The minimum absolute atomic E-state index is 0. The third-order valence-corrected chi connectivity index (χ3v) is 1.50. The average molecular weight is 318 g/mol. The molecule has 0 heterocycles. The van der Waals surface area contributed by atoms with Gasteiger partial charge in [0.1, 0.15) is 12.2 Å². The van der Waals surface area contributed by atoms with Gasteiger partial charge in [0, 0.05) is 22.4 Å². The van der Waals surface area contributed by atoms with Gasteiger partial charge in [-0.2, -0.15) is 0 Å². The zero-order chi connectivity index (χ0) is 11.5. The van der Waals surface area contributed by atoms with E-state index >= 15 is 0 Å². The molecule has 4 atom stereocenters. The molecule has 0 aromatic heterocycles. The largest absolute Gasteiger partial charge is 0.479 e. The average Bonchev–Trinajstić information content (AvgIpc) is 2.12. The van der Waals surface area contributed by atoms with Crippen LogP contribution in [-0.4, -0.2) is 67.0 Å². The summed E-state index contributed by atoms with van der Waals surface area (Å²) >= 11 is 0. The zero-order valence-electron chi connectivity index (χ0n) is 7.11. The Hall–Kier alpha value is -0.480. The first-order valence-corrected chi connectivity index (χ1v) is 3.47. The zero-order valence-corrected chi connectivity index (χ0v) is 8.59. The normalized spacial score (nSPS) is 18.1. The maximum atomic E-state index is 10.1. The fourth-order valence-electron chi connectivity index (χ4n) is 0.666. The number of carboxylic acid groups (broad SMARTS) is 2. The molecule has 0 aromatic rings. The van der Waals surface area contributed by atoms with E-state index in [0.717, 1.165) is 0 Å². The number of carboxylic acids is 2. The van der Waals surface area contributed by atoms with E-state index in [1.807, 2.05) is 0 Å². The fourth-order valence-corrected chi connectivity index (χ4v) is 0.666. The van der Waals surface area contributed by atoms with Gasteiger partial charge in [0.25, 0.3) is 0 Å². The Bertz CT molecular complexity index is 207. The van der Waals surface area contributed by atoms with Crippen LogP contribution < -0.4 is 0 Å². The number of hydrogen-bond acceptors (Lipinski definition) is 6. The fraction of sp³-hybridized carbons (Fsp3) is 0.667. The minimum atomic E-state index is -2.36.